The highest BCUT2D eigenvalue weighted by atomic mass is 15.1. The minimum Gasteiger partial charge on any atom is -0.328 e. The van der Waals surface area contributed by atoms with Crippen molar-refractivity contribution >= 4 is 0 Å². The first-order valence-corrected chi connectivity index (χ1v) is 6.62. The molecular formula is C15H26N2. The third-order valence-electron chi connectivity index (χ3n) is 3.34. The Hall–Kier alpha value is -0.860. The Morgan fingerprint density at radius 3 is 2.65 bits per heavy atom. The molecule has 0 saturated heterocycles. The maximum atomic E-state index is 5.92. The molecule has 0 heterocycles. The highest BCUT2D eigenvalue weighted by molar-refractivity contribution is 5.25. The maximum Gasteiger partial charge on any atom is 0.0233 e. The Balaban J connectivity index is 2.30. The molecule has 1 atom stereocenters. The van der Waals surface area contributed by atoms with Crippen molar-refractivity contribution in [2.45, 2.75) is 45.7 Å². The van der Waals surface area contributed by atoms with Crippen LogP contribution in [0.1, 0.15) is 37.3 Å². The molecule has 0 amide bonds. The number of aryl methyl sites for hydroxylation is 1. The number of nitrogens with two attached hydrogens (primary N) is 1. The van der Waals surface area contributed by atoms with Crippen LogP contribution < -0.4 is 5.73 Å². The van der Waals surface area contributed by atoms with Gasteiger partial charge < -0.3 is 10.6 Å². The van der Waals surface area contributed by atoms with Gasteiger partial charge in [-0.1, -0.05) is 31.2 Å². The molecule has 0 aliphatic carbocycles. The van der Waals surface area contributed by atoms with E-state index in [2.05, 4.69) is 50.1 Å². The van der Waals surface area contributed by atoms with Crippen molar-refractivity contribution in [3.63, 3.8) is 0 Å². The predicted octanol–water partition coefficient (Wildman–Crippen LogP) is 2.94. The largest absolute Gasteiger partial charge is 0.328 e. The first kappa shape index (κ1) is 14.2. The third kappa shape index (κ3) is 5.33. The Labute approximate surface area is 106 Å². The molecule has 0 bridgehead atoms. The minimum absolute atomic E-state index is 0.377. The van der Waals surface area contributed by atoms with Crippen LogP contribution in [0.3, 0.4) is 0 Å². The van der Waals surface area contributed by atoms with Gasteiger partial charge >= 0.3 is 0 Å². The summed E-state index contributed by atoms with van der Waals surface area (Å²) in [6.07, 6.45) is 3.41. The molecule has 0 spiro atoms. The van der Waals surface area contributed by atoms with Crippen molar-refractivity contribution < 1.29 is 0 Å². The van der Waals surface area contributed by atoms with Crippen LogP contribution in [-0.4, -0.2) is 24.5 Å². The molecule has 0 aliphatic rings. The van der Waals surface area contributed by atoms with Gasteiger partial charge in [0.1, 0.15) is 0 Å². The van der Waals surface area contributed by atoms with E-state index in [4.69, 9.17) is 5.73 Å². The SMILES string of the molecule is CCC(N)CCCN(C)Cc1ccccc1C. The van der Waals surface area contributed by atoms with Crippen LogP contribution in [0.15, 0.2) is 24.3 Å². The second kappa shape index (κ2) is 7.46. The summed E-state index contributed by atoms with van der Waals surface area (Å²) in [7, 11) is 2.18. The number of hydrogen-bond acceptors (Lipinski definition) is 2. The average Bonchev–Trinajstić information content (AvgIpc) is 2.32. The normalized spacial score (nSPS) is 13.0. The van der Waals surface area contributed by atoms with Crippen molar-refractivity contribution in [2.24, 2.45) is 5.73 Å². The van der Waals surface area contributed by atoms with Crippen LogP contribution in [0.4, 0.5) is 0 Å². The van der Waals surface area contributed by atoms with Gasteiger partial charge in [-0.05, 0) is 50.9 Å². The van der Waals surface area contributed by atoms with Gasteiger partial charge in [0.25, 0.3) is 0 Å². The standard InChI is InChI=1S/C15H26N2/c1-4-15(16)10-7-11-17(3)12-14-9-6-5-8-13(14)2/h5-6,8-9,15H,4,7,10-12,16H2,1-3H3. The minimum atomic E-state index is 0.377. The molecular weight excluding hydrogens is 208 g/mol. The molecule has 1 aromatic rings. The lowest BCUT2D eigenvalue weighted by Crippen LogP contribution is -2.23. The molecule has 2 heteroatoms. The van der Waals surface area contributed by atoms with Gasteiger partial charge in [0.2, 0.25) is 0 Å². The second-order valence-electron chi connectivity index (χ2n) is 4.97. The van der Waals surface area contributed by atoms with Crippen LogP contribution >= 0.6 is 0 Å². The molecule has 2 N–H and O–H groups in total. The van der Waals surface area contributed by atoms with Crippen molar-refractivity contribution in [2.75, 3.05) is 13.6 Å². The first-order chi connectivity index (χ1) is 8.13. The van der Waals surface area contributed by atoms with Gasteiger partial charge in [0, 0.05) is 12.6 Å². The number of rotatable bonds is 7. The molecule has 1 rings (SSSR count). The Morgan fingerprint density at radius 2 is 2.00 bits per heavy atom. The lowest BCUT2D eigenvalue weighted by atomic mass is 10.1. The van der Waals surface area contributed by atoms with E-state index >= 15 is 0 Å². The summed E-state index contributed by atoms with van der Waals surface area (Å²) in [6, 6.07) is 8.98. The molecule has 0 saturated carbocycles. The average molecular weight is 234 g/mol. The Kier molecular flexibility index (Phi) is 6.23. The summed E-state index contributed by atoms with van der Waals surface area (Å²) < 4.78 is 0. The number of nitrogens with zero attached hydrogens (tertiary/aromatic N) is 1. The first-order valence-electron chi connectivity index (χ1n) is 6.62. The molecule has 0 aliphatic heterocycles. The fourth-order valence-electron chi connectivity index (χ4n) is 1.98. The summed E-state index contributed by atoms with van der Waals surface area (Å²) >= 11 is 0. The number of hydrogen-bond donors (Lipinski definition) is 1. The molecule has 96 valence electrons. The van der Waals surface area contributed by atoms with Crippen LogP contribution in [0.25, 0.3) is 0 Å². The van der Waals surface area contributed by atoms with Crippen LogP contribution in [0.2, 0.25) is 0 Å². The molecule has 0 aromatic heterocycles. The third-order valence-corrected chi connectivity index (χ3v) is 3.34. The lowest BCUT2D eigenvalue weighted by molar-refractivity contribution is 0.312. The summed E-state index contributed by atoms with van der Waals surface area (Å²) in [5.74, 6) is 0. The van der Waals surface area contributed by atoms with Gasteiger partial charge in [-0.2, -0.15) is 0 Å². The van der Waals surface area contributed by atoms with E-state index in [0.29, 0.717) is 6.04 Å². The zero-order chi connectivity index (χ0) is 12.7. The van der Waals surface area contributed by atoms with Crippen molar-refractivity contribution in [1.82, 2.24) is 4.90 Å². The van der Waals surface area contributed by atoms with Crippen molar-refractivity contribution in [3.05, 3.63) is 35.4 Å². The Morgan fingerprint density at radius 1 is 1.29 bits per heavy atom. The van der Waals surface area contributed by atoms with Crippen molar-refractivity contribution in [1.29, 1.82) is 0 Å². The van der Waals surface area contributed by atoms with E-state index in [9.17, 15) is 0 Å². The topological polar surface area (TPSA) is 29.3 Å². The lowest BCUT2D eigenvalue weighted by Gasteiger charge is -2.18. The summed E-state index contributed by atoms with van der Waals surface area (Å²) in [5, 5.41) is 0. The monoisotopic (exact) mass is 234 g/mol. The molecule has 1 unspecified atom stereocenters. The highest BCUT2D eigenvalue weighted by Gasteiger charge is 2.04. The highest BCUT2D eigenvalue weighted by Crippen LogP contribution is 2.10. The van der Waals surface area contributed by atoms with Gasteiger partial charge in [0.05, 0.1) is 0 Å². The van der Waals surface area contributed by atoms with Gasteiger partial charge in [-0.3, -0.25) is 0 Å². The molecule has 1 aromatic carbocycles. The quantitative estimate of drug-likeness (QED) is 0.786. The van der Waals surface area contributed by atoms with E-state index in [1.54, 1.807) is 0 Å². The molecule has 0 fully saturated rings. The van der Waals surface area contributed by atoms with Gasteiger partial charge in [0.15, 0.2) is 0 Å². The zero-order valence-electron chi connectivity index (χ0n) is 11.4. The fraction of sp³-hybridized carbons (Fsp3) is 0.600. The summed E-state index contributed by atoms with van der Waals surface area (Å²) in [5.41, 5.74) is 8.72. The Bertz CT molecular complexity index is 322. The second-order valence-corrected chi connectivity index (χ2v) is 4.97. The predicted molar refractivity (Wildman–Crippen MR) is 75.0 cm³/mol. The summed E-state index contributed by atoms with van der Waals surface area (Å²) in [6.45, 7) is 6.49. The van der Waals surface area contributed by atoms with Gasteiger partial charge in [-0.15, -0.1) is 0 Å². The van der Waals surface area contributed by atoms with E-state index in [1.165, 1.54) is 17.5 Å². The summed E-state index contributed by atoms with van der Waals surface area (Å²) in [4.78, 5) is 2.38. The molecule has 0 radical (unpaired) electrons. The van der Waals surface area contributed by atoms with Gasteiger partial charge in [-0.25, -0.2) is 0 Å². The van der Waals surface area contributed by atoms with E-state index < -0.39 is 0 Å². The van der Waals surface area contributed by atoms with Crippen molar-refractivity contribution in [3.8, 4) is 0 Å². The van der Waals surface area contributed by atoms with E-state index in [-0.39, 0.29) is 0 Å². The molecule has 2 nitrogen and oxygen atoms in total. The van der Waals surface area contributed by atoms with E-state index in [0.717, 1.165) is 25.9 Å². The number of benzene rings is 1. The van der Waals surface area contributed by atoms with Crippen LogP contribution in [0, 0.1) is 6.92 Å². The van der Waals surface area contributed by atoms with Crippen LogP contribution in [-0.2, 0) is 6.54 Å². The van der Waals surface area contributed by atoms with E-state index in [1.807, 2.05) is 0 Å². The fourth-order valence-corrected chi connectivity index (χ4v) is 1.98. The smallest absolute Gasteiger partial charge is 0.0233 e. The molecule has 17 heavy (non-hydrogen) atoms. The van der Waals surface area contributed by atoms with Crippen LogP contribution in [0.5, 0.6) is 0 Å². The maximum absolute atomic E-state index is 5.92. The zero-order valence-corrected chi connectivity index (χ0v) is 11.4.